The fraction of sp³-hybridized carbons (Fsp3) is 0.357. The van der Waals surface area contributed by atoms with Gasteiger partial charge >= 0.3 is 6.03 Å². The summed E-state index contributed by atoms with van der Waals surface area (Å²) in [5.41, 5.74) is 3.56. The first-order chi connectivity index (χ1) is 17.1. The quantitative estimate of drug-likeness (QED) is 0.490. The third kappa shape index (κ3) is 5.46. The zero-order valence-electron chi connectivity index (χ0n) is 20.3. The molecule has 1 atom stereocenters. The van der Waals surface area contributed by atoms with Crippen LogP contribution in [-0.4, -0.2) is 53.6 Å². The zero-order chi connectivity index (χ0) is 24.2. The Kier molecular flexibility index (Phi) is 7.25. The monoisotopic (exact) mass is 488 g/mol. The van der Waals surface area contributed by atoms with E-state index in [1.807, 2.05) is 18.2 Å². The first-order valence-corrected chi connectivity index (χ1v) is 13.0. The molecule has 0 saturated carbocycles. The lowest BCUT2D eigenvalue weighted by atomic mass is 9.98. The van der Waals surface area contributed by atoms with Gasteiger partial charge in [-0.05, 0) is 61.2 Å². The van der Waals surface area contributed by atoms with Crippen LogP contribution >= 0.6 is 11.8 Å². The maximum atomic E-state index is 12.7. The molecule has 0 spiro atoms. The maximum absolute atomic E-state index is 12.7. The Hall–Kier alpha value is -3.03. The molecule has 0 aliphatic carbocycles. The largest absolute Gasteiger partial charge is 0.497 e. The summed E-state index contributed by atoms with van der Waals surface area (Å²) in [5, 5.41) is 4.06. The Bertz CT molecular complexity index is 1150. The number of methoxy groups -OCH3 is 1. The van der Waals surface area contributed by atoms with Crippen LogP contribution in [0.5, 0.6) is 5.75 Å². The molecule has 35 heavy (non-hydrogen) atoms. The van der Waals surface area contributed by atoms with Crippen molar-refractivity contribution in [1.82, 2.24) is 20.1 Å². The fourth-order valence-electron chi connectivity index (χ4n) is 5.04. The first-order valence-electron chi connectivity index (χ1n) is 12.2. The zero-order valence-corrected chi connectivity index (χ0v) is 21.1. The summed E-state index contributed by atoms with van der Waals surface area (Å²) >= 11 is 1.66. The van der Waals surface area contributed by atoms with Gasteiger partial charge in [0.2, 0.25) is 0 Å². The molecule has 0 bridgehead atoms. The van der Waals surface area contributed by atoms with Gasteiger partial charge in [-0.25, -0.2) is 9.78 Å². The van der Waals surface area contributed by atoms with Crippen molar-refractivity contribution < 1.29 is 9.53 Å². The van der Waals surface area contributed by atoms with Gasteiger partial charge in [0.25, 0.3) is 0 Å². The Labute approximate surface area is 211 Å². The third-order valence-electron chi connectivity index (χ3n) is 7.00. The molecule has 7 heteroatoms. The van der Waals surface area contributed by atoms with Crippen molar-refractivity contribution in [1.29, 1.82) is 0 Å². The van der Waals surface area contributed by atoms with Crippen molar-refractivity contribution in [3.63, 3.8) is 0 Å². The third-order valence-corrected chi connectivity index (χ3v) is 7.94. The molecule has 5 rings (SSSR count). The molecule has 6 nitrogen and oxygen atoms in total. The minimum atomic E-state index is 0.0716. The van der Waals surface area contributed by atoms with Crippen LogP contribution in [0.2, 0.25) is 0 Å². The van der Waals surface area contributed by atoms with Gasteiger partial charge in [0, 0.05) is 42.8 Å². The molecule has 3 aromatic rings. The van der Waals surface area contributed by atoms with Crippen molar-refractivity contribution in [3.8, 4) is 5.75 Å². The van der Waals surface area contributed by atoms with Crippen molar-refractivity contribution in [3.05, 3.63) is 83.6 Å². The van der Waals surface area contributed by atoms with Crippen molar-refractivity contribution in [2.75, 3.05) is 26.7 Å². The predicted molar refractivity (Wildman–Crippen MR) is 139 cm³/mol. The number of ether oxygens (including phenoxy) is 1. The van der Waals surface area contributed by atoms with E-state index in [1.165, 1.54) is 11.1 Å². The Morgan fingerprint density at radius 3 is 2.46 bits per heavy atom. The minimum Gasteiger partial charge on any atom is -0.497 e. The van der Waals surface area contributed by atoms with E-state index in [4.69, 9.17) is 9.72 Å². The number of carbonyl (C=O) groups is 1. The number of hydrogen-bond acceptors (Lipinski definition) is 5. The number of rotatable bonds is 7. The molecule has 2 saturated heterocycles. The first kappa shape index (κ1) is 23.7. The van der Waals surface area contributed by atoms with E-state index in [2.05, 4.69) is 70.6 Å². The van der Waals surface area contributed by atoms with E-state index in [1.54, 1.807) is 18.9 Å². The number of carbonyl (C=O) groups excluding carboxylic acids is 1. The smallest absolute Gasteiger partial charge is 0.318 e. The molecule has 1 unspecified atom stereocenters. The summed E-state index contributed by atoms with van der Waals surface area (Å²) in [4.78, 5) is 23.2. The Balaban J connectivity index is 1.17. The number of urea groups is 1. The van der Waals surface area contributed by atoms with E-state index >= 15 is 0 Å². The number of nitrogens with zero attached hydrogens (tertiary/aromatic N) is 3. The topological polar surface area (TPSA) is 57.7 Å². The number of piperidine rings is 1. The van der Waals surface area contributed by atoms with Gasteiger partial charge in [0.1, 0.15) is 10.8 Å². The van der Waals surface area contributed by atoms with Crippen molar-refractivity contribution in [2.45, 2.75) is 48.3 Å². The lowest BCUT2D eigenvalue weighted by Crippen LogP contribution is -2.46. The summed E-state index contributed by atoms with van der Waals surface area (Å²) in [6.45, 7) is 5.65. The summed E-state index contributed by atoms with van der Waals surface area (Å²) in [6, 6.07) is 23.2. The number of aromatic nitrogens is 1. The highest BCUT2D eigenvalue weighted by atomic mass is 32.2. The molecule has 3 heterocycles. The van der Waals surface area contributed by atoms with Crippen LogP contribution < -0.4 is 10.1 Å². The second kappa shape index (κ2) is 10.7. The van der Waals surface area contributed by atoms with Crippen LogP contribution in [0.3, 0.4) is 0 Å². The van der Waals surface area contributed by atoms with Gasteiger partial charge < -0.3 is 15.0 Å². The number of benzene rings is 2. The summed E-state index contributed by atoms with van der Waals surface area (Å²) < 4.78 is 5.24. The van der Waals surface area contributed by atoms with Gasteiger partial charge in [-0.3, -0.25) is 4.90 Å². The van der Waals surface area contributed by atoms with Crippen LogP contribution in [0.1, 0.15) is 35.7 Å². The number of likely N-dealkylation sites (tertiary alicyclic amines) is 1. The molecular formula is C28H32N4O2S. The number of nitrogens with one attached hydrogen (secondary N) is 1. The van der Waals surface area contributed by atoms with E-state index < -0.39 is 0 Å². The maximum Gasteiger partial charge on any atom is 0.318 e. The molecule has 2 aliphatic rings. The van der Waals surface area contributed by atoms with Gasteiger partial charge in [-0.15, -0.1) is 0 Å². The van der Waals surface area contributed by atoms with Crippen molar-refractivity contribution in [2.24, 2.45) is 0 Å². The van der Waals surface area contributed by atoms with Crippen LogP contribution in [-0.2, 0) is 6.54 Å². The van der Waals surface area contributed by atoms with Gasteiger partial charge in [0.15, 0.2) is 0 Å². The van der Waals surface area contributed by atoms with Crippen LogP contribution in [0, 0.1) is 6.92 Å². The molecule has 0 radical (unpaired) electrons. The van der Waals surface area contributed by atoms with Crippen LogP contribution in [0.25, 0.3) is 0 Å². The van der Waals surface area contributed by atoms with E-state index in [0.29, 0.717) is 6.54 Å². The molecule has 2 amide bonds. The molecule has 2 aromatic carbocycles. The van der Waals surface area contributed by atoms with Gasteiger partial charge in [-0.1, -0.05) is 48.2 Å². The van der Waals surface area contributed by atoms with E-state index in [-0.39, 0.29) is 18.1 Å². The average Bonchev–Trinajstić information content (AvgIpc) is 3.28. The lowest BCUT2D eigenvalue weighted by molar-refractivity contribution is 0.112. The lowest BCUT2D eigenvalue weighted by Gasteiger charge is -2.39. The molecular weight excluding hydrogens is 456 g/mol. The second-order valence-corrected chi connectivity index (χ2v) is 10.3. The highest BCUT2D eigenvalue weighted by Gasteiger charge is 2.38. The molecule has 2 fully saturated rings. The van der Waals surface area contributed by atoms with Crippen molar-refractivity contribution >= 4 is 17.8 Å². The fourth-order valence-corrected chi connectivity index (χ4v) is 5.87. The van der Waals surface area contributed by atoms with E-state index in [9.17, 15) is 4.79 Å². The van der Waals surface area contributed by atoms with Crippen LogP contribution in [0.4, 0.5) is 4.79 Å². The van der Waals surface area contributed by atoms with Gasteiger partial charge in [0.05, 0.1) is 13.2 Å². The molecule has 2 aliphatic heterocycles. The van der Waals surface area contributed by atoms with E-state index in [0.717, 1.165) is 53.8 Å². The molecule has 182 valence electrons. The predicted octanol–water partition coefficient (Wildman–Crippen LogP) is 5.28. The average molecular weight is 489 g/mol. The normalized spacial score (nSPS) is 19.1. The highest BCUT2D eigenvalue weighted by Crippen LogP contribution is 2.32. The Morgan fingerprint density at radius 2 is 1.77 bits per heavy atom. The minimum absolute atomic E-state index is 0.0716. The second-order valence-electron chi connectivity index (χ2n) is 9.20. The molecule has 1 aromatic heterocycles. The summed E-state index contributed by atoms with van der Waals surface area (Å²) in [7, 11) is 1.68. The standard InChI is InChI=1S/C28H32N4O2S/c1-20-22(8-13-27(30-20)35-25-11-9-24(34-2)10-12-25)19-31-16-14-23(15-17-31)32-26(18-29-28(32)33)21-6-4-3-5-7-21/h3-13,23,26H,14-19H2,1-2H3,(H,29,33). The SMILES string of the molecule is COc1ccc(Sc2ccc(CN3CCC(N4C(=O)NCC4c4ccccc4)CC3)c(C)n2)cc1. The number of aryl methyl sites for hydroxylation is 1. The van der Waals surface area contributed by atoms with Crippen LogP contribution in [0.15, 0.2) is 76.7 Å². The number of pyridine rings is 1. The Morgan fingerprint density at radius 1 is 1.03 bits per heavy atom. The summed E-state index contributed by atoms with van der Waals surface area (Å²) in [6.07, 6.45) is 1.99. The summed E-state index contributed by atoms with van der Waals surface area (Å²) in [5.74, 6) is 0.860. The number of hydrogen-bond donors (Lipinski definition) is 1. The highest BCUT2D eigenvalue weighted by molar-refractivity contribution is 7.99. The van der Waals surface area contributed by atoms with Gasteiger partial charge in [-0.2, -0.15) is 0 Å². The number of amides is 2. The molecule has 1 N–H and O–H groups in total.